The first kappa shape index (κ1) is 18.0. The van der Waals surface area contributed by atoms with Crippen LogP contribution in [-0.4, -0.2) is 41.8 Å². The number of aryl methyl sites for hydroxylation is 1. The van der Waals surface area contributed by atoms with Gasteiger partial charge in [-0.1, -0.05) is 19.9 Å². The molecule has 1 aromatic carbocycles. The lowest BCUT2D eigenvalue weighted by molar-refractivity contribution is 0.0696. The van der Waals surface area contributed by atoms with Gasteiger partial charge in [0.25, 0.3) is 0 Å². The van der Waals surface area contributed by atoms with Gasteiger partial charge in [-0.3, -0.25) is 0 Å². The molecule has 0 saturated carbocycles. The summed E-state index contributed by atoms with van der Waals surface area (Å²) in [5.74, 6) is -0.891. The van der Waals surface area contributed by atoms with Crippen molar-refractivity contribution in [3.8, 4) is 0 Å². The van der Waals surface area contributed by atoms with Crippen molar-refractivity contribution in [3.63, 3.8) is 0 Å². The van der Waals surface area contributed by atoms with E-state index < -0.39 is 5.97 Å². The summed E-state index contributed by atoms with van der Waals surface area (Å²) in [5.41, 5.74) is 5.71. The number of carboxylic acids is 1. The molecular formula is C19H25NO4. The van der Waals surface area contributed by atoms with Crippen LogP contribution >= 0.6 is 0 Å². The summed E-state index contributed by atoms with van der Waals surface area (Å²) in [6, 6.07) is 3.55. The molecule has 0 atom stereocenters. The van der Waals surface area contributed by atoms with Crippen LogP contribution in [0.5, 0.6) is 0 Å². The number of amides is 1. The molecule has 130 valence electrons. The molecule has 0 spiro atoms. The fraction of sp³-hybridized carbons (Fsp3) is 0.474. The van der Waals surface area contributed by atoms with E-state index in [1.54, 1.807) is 17.9 Å². The van der Waals surface area contributed by atoms with Crippen LogP contribution in [0.1, 0.15) is 54.2 Å². The molecule has 1 amide bonds. The highest BCUT2D eigenvalue weighted by Crippen LogP contribution is 2.41. The minimum Gasteiger partial charge on any atom is -0.478 e. The molecule has 0 unspecified atom stereocenters. The van der Waals surface area contributed by atoms with Gasteiger partial charge in [0, 0.05) is 13.1 Å². The average Bonchev–Trinajstić information content (AvgIpc) is 2.96. The quantitative estimate of drug-likeness (QED) is 0.893. The van der Waals surface area contributed by atoms with E-state index in [-0.39, 0.29) is 6.09 Å². The second kappa shape index (κ2) is 7.51. The van der Waals surface area contributed by atoms with Crippen LogP contribution in [0.4, 0.5) is 4.79 Å². The smallest absolute Gasteiger partial charge is 0.410 e. The van der Waals surface area contributed by atoms with Crippen LogP contribution in [-0.2, 0) is 11.2 Å². The largest absolute Gasteiger partial charge is 0.478 e. The van der Waals surface area contributed by atoms with Crippen molar-refractivity contribution >= 4 is 17.6 Å². The number of rotatable bonds is 2. The summed E-state index contributed by atoms with van der Waals surface area (Å²) in [5, 5.41) is 9.43. The highest BCUT2D eigenvalue weighted by Gasteiger charge is 2.33. The molecule has 0 bridgehead atoms. The molecule has 1 aliphatic heterocycles. The normalized spacial score (nSPS) is 15.2. The van der Waals surface area contributed by atoms with Crippen molar-refractivity contribution in [2.75, 3.05) is 19.7 Å². The number of nitrogens with zero attached hydrogens (tertiary/aromatic N) is 1. The van der Waals surface area contributed by atoms with Gasteiger partial charge in [0.1, 0.15) is 0 Å². The third-order valence-corrected chi connectivity index (χ3v) is 4.44. The number of carboxylic acid groups (broad SMARTS) is 1. The Morgan fingerprint density at radius 3 is 2.62 bits per heavy atom. The molecule has 5 heteroatoms. The molecule has 1 aliphatic carbocycles. The van der Waals surface area contributed by atoms with Gasteiger partial charge in [-0.2, -0.15) is 0 Å². The van der Waals surface area contributed by atoms with E-state index in [2.05, 4.69) is 0 Å². The van der Waals surface area contributed by atoms with E-state index in [4.69, 9.17) is 4.74 Å². The third kappa shape index (κ3) is 3.16. The van der Waals surface area contributed by atoms with E-state index in [9.17, 15) is 14.7 Å². The van der Waals surface area contributed by atoms with Crippen molar-refractivity contribution in [2.45, 2.75) is 40.5 Å². The van der Waals surface area contributed by atoms with Crippen molar-refractivity contribution in [3.05, 3.63) is 40.0 Å². The molecule has 5 nitrogen and oxygen atoms in total. The molecule has 1 aromatic rings. The molecular weight excluding hydrogens is 306 g/mol. The number of benzene rings is 1. The molecule has 1 N–H and O–H groups in total. The predicted octanol–water partition coefficient (Wildman–Crippen LogP) is 3.89. The molecule has 1 heterocycles. The predicted molar refractivity (Wildman–Crippen MR) is 93.3 cm³/mol. The minimum absolute atomic E-state index is 0.291. The van der Waals surface area contributed by atoms with Gasteiger partial charge in [0.2, 0.25) is 0 Å². The molecule has 0 aromatic heterocycles. The lowest BCUT2D eigenvalue weighted by Crippen LogP contribution is -2.36. The van der Waals surface area contributed by atoms with Crippen molar-refractivity contribution in [1.29, 1.82) is 0 Å². The highest BCUT2D eigenvalue weighted by molar-refractivity contribution is 5.97. The number of fused-ring (bicyclic) bond motifs is 2. The monoisotopic (exact) mass is 331 g/mol. The lowest BCUT2D eigenvalue weighted by atomic mass is 9.93. The summed E-state index contributed by atoms with van der Waals surface area (Å²) < 4.78 is 5.06. The van der Waals surface area contributed by atoms with Gasteiger partial charge in [-0.25, -0.2) is 9.59 Å². The Hall–Kier alpha value is -2.30. The van der Waals surface area contributed by atoms with Crippen molar-refractivity contribution in [2.24, 2.45) is 0 Å². The fourth-order valence-corrected chi connectivity index (χ4v) is 3.38. The second-order valence-electron chi connectivity index (χ2n) is 5.72. The van der Waals surface area contributed by atoms with Crippen molar-refractivity contribution < 1.29 is 19.4 Å². The van der Waals surface area contributed by atoms with Gasteiger partial charge >= 0.3 is 12.1 Å². The van der Waals surface area contributed by atoms with Gasteiger partial charge in [-0.05, 0) is 60.6 Å². The van der Waals surface area contributed by atoms with Crippen LogP contribution in [0.25, 0.3) is 5.57 Å². The molecule has 0 radical (unpaired) electrons. The van der Waals surface area contributed by atoms with E-state index >= 15 is 0 Å². The number of hydrogen-bond acceptors (Lipinski definition) is 3. The first-order valence-corrected chi connectivity index (χ1v) is 8.51. The second-order valence-corrected chi connectivity index (χ2v) is 5.72. The Balaban J connectivity index is 0.00000100. The Morgan fingerprint density at radius 1 is 1.29 bits per heavy atom. The fourth-order valence-electron chi connectivity index (χ4n) is 3.38. The van der Waals surface area contributed by atoms with E-state index in [1.807, 2.05) is 26.8 Å². The average molecular weight is 331 g/mol. The van der Waals surface area contributed by atoms with Crippen LogP contribution in [0.3, 0.4) is 0 Å². The first-order chi connectivity index (χ1) is 11.5. The highest BCUT2D eigenvalue weighted by atomic mass is 16.6. The summed E-state index contributed by atoms with van der Waals surface area (Å²) >= 11 is 0. The zero-order valence-electron chi connectivity index (χ0n) is 14.8. The van der Waals surface area contributed by atoms with E-state index in [1.165, 1.54) is 0 Å². The SMILES string of the molecule is CC.CCOC(=O)N1CCC2=C(Cc3c(C)ccc(C(=O)O)c32)C1. The summed E-state index contributed by atoms with van der Waals surface area (Å²) in [7, 11) is 0. The van der Waals surface area contributed by atoms with E-state index in [0.717, 1.165) is 34.3 Å². The number of ether oxygens (including phenoxy) is 1. The Labute approximate surface area is 142 Å². The van der Waals surface area contributed by atoms with Crippen molar-refractivity contribution in [1.82, 2.24) is 4.90 Å². The molecule has 3 rings (SSSR count). The van der Waals surface area contributed by atoms with Gasteiger partial charge in [-0.15, -0.1) is 0 Å². The maximum absolute atomic E-state index is 11.9. The third-order valence-electron chi connectivity index (χ3n) is 4.44. The number of carbonyl (C=O) groups is 2. The zero-order chi connectivity index (χ0) is 17.9. The van der Waals surface area contributed by atoms with Crippen LogP contribution in [0, 0.1) is 6.92 Å². The van der Waals surface area contributed by atoms with Gasteiger partial charge in [0.05, 0.1) is 12.2 Å². The number of carbonyl (C=O) groups excluding carboxylic acids is 1. The summed E-state index contributed by atoms with van der Waals surface area (Å²) in [6.07, 6.45) is 1.12. The Bertz CT molecular complexity index is 691. The molecule has 2 aliphatic rings. The van der Waals surface area contributed by atoms with Crippen LogP contribution in [0.15, 0.2) is 17.7 Å². The number of aromatic carboxylic acids is 1. The Morgan fingerprint density at radius 2 is 2.00 bits per heavy atom. The molecule has 0 saturated heterocycles. The number of hydrogen-bond donors (Lipinski definition) is 1. The van der Waals surface area contributed by atoms with Crippen LogP contribution in [0.2, 0.25) is 0 Å². The standard InChI is InChI=1S/C17H19NO4.C2H6/c1-3-22-17(21)18-7-6-12-11(9-18)8-14-10(2)4-5-13(15(12)14)16(19)20;1-2/h4-5H,3,6-9H2,1-2H3,(H,19,20);1-2H3. The lowest BCUT2D eigenvalue weighted by Gasteiger charge is -2.28. The summed E-state index contributed by atoms with van der Waals surface area (Å²) in [6.45, 7) is 9.27. The minimum atomic E-state index is -0.891. The molecule has 24 heavy (non-hydrogen) atoms. The maximum Gasteiger partial charge on any atom is 0.410 e. The molecule has 0 fully saturated rings. The maximum atomic E-state index is 11.9. The zero-order valence-corrected chi connectivity index (χ0v) is 14.8. The summed E-state index contributed by atoms with van der Waals surface area (Å²) in [4.78, 5) is 25.1. The Kier molecular flexibility index (Phi) is 5.65. The van der Waals surface area contributed by atoms with Gasteiger partial charge in [0.15, 0.2) is 0 Å². The van der Waals surface area contributed by atoms with Crippen LogP contribution < -0.4 is 0 Å². The topological polar surface area (TPSA) is 66.8 Å². The first-order valence-electron chi connectivity index (χ1n) is 8.51. The van der Waals surface area contributed by atoms with E-state index in [0.29, 0.717) is 31.7 Å². The van der Waals surface area contributed by atoms with Gasteiger partial charge < -0.3 is 14.7 Å².